The van der Waals surface area contributed by atoms with Gasteiger partial charge in [0.25, 0.3) is 11.8 Å². The molecule has 4 aromatic rings. The van der Waals surface area contributed by atoms with Crippen LogP contribution in [-0.2, 0) is 14.3 Å². The van der Waals surface area contributed by atoms with Crippen molar-refractivity contribution in [3.05, 3.63) is 130 Å². The highest BCUT2D eigenvalue weighted by Gasteiger charge is 2.45. The van der Waals surface area contributed by atoms with Gasteiger partial charge in [0.1, 0.15) is 30.4 Å². The minimum Gasteiger partial charge on any atom is -0.508 e. The number of phenols is 1. The molecule has 3 fully saturated rings. The van der Waals surface area contributed by atoms with Gasteiger partial charge in [-0.1, -0.05) is 67.6 Å². The number of nitrogens with zero attached hydrogens (tertiary/aromatic N) is 2. The average Bonchev–Trinajstić information content (AvgIpc) is 3.46. The van der Waals surface area contributed by atoms with E-state index in [-0.39, 0.29) is 42.0 Å². The van der Waals surface area contributed by atoms with Crippen LogP contribution in [0.4, 0.5) is 0 Å². The van der Waals surface area contributed by atoms with Gasteiger partial charge >= 0.3 is 0 Å². The van der Waals surface area contributed by atoms with Crippen LogP contribution in [-0.4, -0.2) is 96.7 Å². The summed E-state index contributed by atoms with van der Waals surface area (Å²) >= 11 is 0. The van der Waals surface area contributed by atoms with E-state index < -0.39 is 29.7 Å². The zero-order valence-electron chi connectivity index (χ0n) is 31.9. The number of allylic oxidation sites excluding steroid dienone is 1. The van der Waals surface area contributed by atoms with Crippen LogP contribution in [0.5, 0.6) is 11.5 Å². The Morgan fingerprint density at radius 3 is 2.21 bits per heavy atom. The number of rotatable bonds is 13. The second-order valence-corrected chi connectivity index (χ2v) is 15.1. The molecule has 3 atom stereocenters. The second-order valence-electron chi connectivity index (χ2n) is 15.1. The van der Waals surface area contributed by atoms with E-state index in [1.807, 2.05) is 36.4 Å². The Bertz CT molecular complexity index is 2160. The van der Waals surface area contributed by atoms with Gasteiger partial charge in [-0.05, 0) is 82.6 Å². The highest BCUT2D eigenvalue weighted by molar-refractivity contribution is 6.23. The van der Waals surface area contributed by atoms with Crippen molar-refractivity contribution in [2.45, 2.75) is 44.5 Å². The molecule has 4 aliphatic rings. The summed E-state index contributed by atoms with van der Waals surface area (Å²) in [6.07, 6.45) is 0.922. The summed E-state index contributed by atoms with van der Waals surface area (Å²) in [5.41, 5.74) is 7.11. The van der Waals surface area contributed by atoms with Gasteiger partial charge in [0, 0.05) is 51.1 Å². The minimum atomic E-state index is -0.984. The molecule has 4 heterocycles. The number of imide groups is 2. The van der Waals surface area contributed by atoms with Crippen LogP contribution in [0, 0.1) is 5.92 Å². The van der Waals surface area contributed by atoms with Crippen molar-refractivity contribution in [2.24, 2.45) is 5.92 Å². The number of phenolic OH excluding ortho intramolecular Hbond substituents is 1. The number of likely N-dealkylation sites (tertiary alicyclic amines) is 1. The topological polar surface area (TPSA) is 150 Å². The molecule has 294 valence electrons. The summed E-state index contributed by atoms with van der Waals surface area (Å²) < 4.78 is 12.4. The summed E-state index contributed by atoms with van der Waals surface area (Å²) in [6.45, 7) is 7.29. The predicted octanol–water partition coefficient (Wildman–Crippen LogP) is 4.75. The lowest BCUT2D eigenvalue weighted by atomic mass is 9.88. The number of amides is 4. The molecular weight excluding hydrogens is 723 g/mol. The average molecular weight is 770 g/mol. The van der Waals surface area contributed by atoms with E-state index in [1.165, 1.54) is 11.1 Å². The third-order valence-corrected chi connectivity index (χ3v) is 11.3. The summed E-state index contributed by atoms with van der Waals surface area (Å²) in [5.74, 6) is -0.522. The molecule has 4 aromatic carbocycles. The van der Waals surface area contributed by atoms with Gasteiger partial charge in [-0.2, -0.15) is 0 Å². The highest BCUT2D eigenvalue weighted by atomic mass is 16.5. The van der Waals surface area contributed by atoms with Crippen LogP contribution in [0.25, 0.3) is 11.1 Å². The number of benzene rings is 4. The lowest BCUT2D eigenvalue weighted by Gasteiger charge is -2.40. The third kappa shape index (κ3) is 8.26. The number of ether oxygens (including phenoxy) is 2. The van der Waals surface area contributed by atoms with E-state index in [0.29, 0.717) is 32.2 Å². The van der Waals surface area contributed by atoms with E-state index in [2.05, 4.69) is 64.2 Å². The fourth-order valence-electron chi connectivity index (χ4n) is 8.24. The predicted molar refractivity (Wildman–Crippen MR) is 214 cm³/mol. The van der Waals surface area contributed by atoms with Crippen LogP contribution in [0.15, 0.2) is 97.1 Å². The van der Waals surface area contributed by atoms with E-state index in [0.717, 1.165) is 59.0 Å². The van der Waals surface area contributed by atoms with Gasteiger partial charge in [0.05, 0.1) is 17.7 Å². The highest BCUT2D eigenvalue weighted by Crippen LogP contribution is 2.36. The van der Waals surface area contributed by atoms with Crippen molar-refractivity contribution in [3.8, 4) is 11.5 Å². The molecule has 0 radical (unpaired) electrons. The third-order valence-electron chi connectivity index (χ3n) is 11.3. The molecule has 4 aliphatic heterocycles. The van der Waals surface area contributed by atoms with E-state index in [1.54, 1.807) is 24.3 Å². The number of fused-ring (bicyclic) bond motifs is 1. The molecule has 3 unspecified atom stereocenters. The van der Waals surface area contributed by atoms with Crippen LogP contribution in [0.1, 0.15) is 75.2 Å². The van der Waals surface area contributed by atoms with Gasteiger partial charge in [-0.25, -0.2) is 0 Å². The number of carbonyl (C=O) groups excluding carboxylic acids is 4. The first-order valence-corrected chi connectivity index (χ1v) is 19.7. The largest absolute Gasteiger partial charge is 0.508 e. The van der Waals surface area contributed by atoms with Gasteiger partial charge in [-0.3, -0.25) is 39.6 Å². The van der Waals surface area contributed by atoms with Gasteiger partial charge in [0.15, 0.2) is 0 Å². The minimum absolute atomic E-state index is 0.0840. The van der Waals surface area contributed by atoms with E-state index >= 15 is 0 Å². The number of piperidine rings is 1. The normalized spacial score (nSPS) is 21.8. The zero-order chi connectivity index (χ0) is 39.5. The Kier molecular flexibility index (Phi) is 11.3. The van der Waals surface area contributed by atoms with Crippen LogP contribution in [0.2, 0.25) is 0 Å². The molecule has 4 amide bonds. The first kappa shape index (κ1) is 38.2. The number of piperazine rings is 1. The molecule has 0 saturated carbocycles. The molecule has 0 spiro atoms. The summed E-state index contributed by atoms with van der Waals surface area (Å²) in [5, 5.41) is 19.1. The van der Waals surface area contributed by atoms with Crippen molar-refractivity contribution in [1.82, 2.24) is 25.8 Å². The lowest BCUT2D eigenvalue weighted by Crippen LogP contribution is -2.54. The number of hydrogen-bond donors (Lipinski definition) is 4. The van der Waals surface area contributed by atoms with Crippen molar-refractivity contribution in [1.29, 1.82) is 0 Å². The van der Waals surface area contributed by atoms with Crippen molar-refractivity contribution >= 4 is 34.8 Å². The Hall–Kier alpha value is -5.66. The van der Waals surface area contributed by atoms with E-state index in [4.69, 9.17) is 9.47 Å². The van der Waals surface area contributed by atoms with Crippen LogP contribution >= 0.6 is 0 Å². The molecule has 4 N–H and O–H groups in total. The fourth-order valence-corrected chi connectivity index (χ4v) is 8.24. The molecule has 3 saturated heterocycles. The molecule has 12 nitrogen and oxygen atoms in total. The molecular formula is C45H47N5O7. The van der Waals surface area contributed by atoms with Gasteiger partial charge in [-0.15, -0.1) is 0 Å². The van der Waals surface area contributed by atoms with Crippen LogP contribution < -0.4 is 20.7 Å². The maximum absolute atomic E-state index is 13.3. The zero-order valence-corrected chi connectivity index (χ0v) is 31.9. The number of nitrogens with one attached hydrogen (secondary N) is 3. The van der Waals surface area contributed by atoms with Crippen molar-refractivity contribution in [3.63, 3.8) is 0 Å². The number of aromatic hydroxyl groups is 1. The van der Waals surface area contributed by atoms with Crippen LogP contribution in [0.3, 0.4) is 0 Å². The monoisotopic (exact) mass is 769 g/mol. The Morgan fingerprint density at radius 2 is 1.53 bits per heavy atom. The molecule has 0 aliphatic carbocycles. The molecule has 0 bridgehead atoms. The number of carbonyl (C=O) groups is 4. The lowest BCUT2D eigenvalue weighted by molar-refractivity contribution is -0.136. The summed E-state index contributed by atoms with van der Waals surface area (Å²) in [7, 11) is 0. The smallest absolute Gasteiger partial charge is 0.262 e. The SMILES string of the molecule is CC/C(=C(\c1ccc(O)cc1)c1ccc(OCCN2CC(COC3CNC(c4ccc5c(c4)C(=O)N(C4CCC(=O)NC4=O)C5=O)CN3)C2)cc1)c1ccccc1. The maximum Gasteiger partial charge on any atom is 0.262 e. The fraction of sp³-hybridized carbons (Fsp3) is 0.333. The van der Waals surface area contributed by atoms with Gasteiger partial charge < -0.3 is 19.9 Å². The Labute approximate surface area is 331 Å². The Morgan fingerprint density at radius 1 is 0.807 bits per heavy atom. The van der Waals surface area contributed by atoms with Crippen molar-refractivity contribution in [2.75, 3.05) is 45.9 Å². The van der Waals surface area contributed by atoms with Crippen molar-refractivity contribution < 1.29 is 33.8 Å². The summed E-state index contributed by atoms with van der Waals surface area (Å²) in [6, 6.07) is 30.2. The first-order chi connectivity index (χ1) is 27.7. The molecule has 57 heavy (non-hydrogen) atoms. The second kappa shape index (κ2) is 16.8. The quantitative estimate of drug-likeness (QED) is 0.111. The number of hydrogen-bond acceptors (Lipinski definition) is 10. The Balaban J connectivity index is 0.770. The molecule has 8 rings (SSSR count). The maximum atomic E-state index is 13.3. The standard InChI is InChI=1S/C45H47N5O7/c1-2-35(29-6-4-3-5-7-29)42(30-8-13-33(51)14-9-30)31-10-15-34(16-11-31)56-21-20-49-25-28(26-49)27-57-41-24-46-38(23-47-41)32-12-17-36-37(22-32)45(55)50(44(36)54)39-18-19-40(52)48-43(39)53/h3-17,22,28,38-39,41,46-47,51H,2,18-21,23-27H2,1H3,(H,48,52,53)/b42-35-. The first-order valence-electron chi connectivity index (χ1n) is 19.7. The summed E-state index contributed by atoms with van der Waals surface area (Å²) in [4.78, 5) is 53.7. The van der Waals surface area contributed by atoms with Gasteiger partial charge in [0.2, 0.25) is 11.8 Å². The molecule has 12 heteroatoms. The molecule has 0 aromatic heterocycles. The van der Waals surface area contributed by atoms with E-state index in [9.17, 15) is 24.3 Å².